The van der Waals surface area contributed by atoms with Gasteiger partial charge >= 0.3 is 5.69 Å². The minimum Gasteiger partial charge on any atom is -0.394 e. The van der Waals surface area contributed by atoms with Gasteiger partial charge in [0.25, 0.3) is 0 Å². The van der Waals surface area contributed by atoms with Gasteiger partial charge in [-0.15, -0.1) is 0 Å². The van der Waals surface area contributed by atoms with E-state index in [2.05, 4.69) is 16.8 Å². The van der Waals surface area contributed by atoms with E-state index in [0.717, 1.165) is 0 Å². The van der Waals surface area contributed by atoms with Gasteiger partial charge in [0.1, 0.15) is 18.7 Å². The monoisotopic (exact) mass is 308 g/mol. The van der Waals surface area contributed by atoms with Crippen molar-refractivity contribution in [3.8, 4) is 11.8 Å². The number of nitrogens with zero attached hydrogens (tertiary/aromatic N) is 2. The number of rotatable bonds is 5. The highest BCUT2D eigenvalue weighted by Crippen LogP contribution is 2.27. The lowest BCUT2D eigenvalue weighted by atomic mass is 10.2. The van der Waals surface area contributed by atoms with E-state index in [1.54, 1.807) is 0 Å². The molecule has 1 aliphatic heterocycles. The molecule has 1 aromatic rings. The quantitative estimate of drug-likeness (QED) is 0.462. The van der Waals surface area contributed by atoms with Crippen molar-refractivity contribution in [3.05, 3.63) is 22.2 Å². The van der Waals surface area contributed by atoms with Crippen LogP contribution in [0.2, 0.25) is 0 Å². The number of hydrogen-bond acceptors (Lipinski definition) is 7. The fourth-order valence-electron chi connectivity index (χ4n) is 2.15. The zero-order chi connectivity index (χ0) is 15.9. The summed E-state index contributed by atoms with van der Waals surface area (Å²) in [5.74, 6) is 5.68. The summed E-state index contributed by atoms with van der Waals surface area (Å²) in [5, 5.41) is 9.09. The molecule has 0 unspecified atom stereocenters. The van der Waals surface area contributed by atoms with Crippen molar-refractivity contribution in [3.63, 3.8) is 0 Å². The van der Waals surface area contributed by atoms with Crippen LogP contribution >= 0.6 is 0 Å². The standard InChI is InChI=1S/C14H20N4O4/c15-5-7-21-6-1-2-10-8-18(14(20)17-13(10)16)12-4-3-11(9-19)22-12/h8,11-12,19H,3-7,9,15H2,(H2,16,17,20)/t11-,12+/m0/s1. The highest BCUT2D eigenvalue weighted by atomic mass is 16.5. The van der Waals surface area contributed by atoms with Crippen LogP contribution in [0.3, 0.4) is 0 Å². The molecule has 0 aliphatic carbocycles. The third kappa shape index (κ3) is 4.05. The lowest BCUT2D eigenvalue weighted by Crippen LogP contribution is -2.28. The molecule has 5 N–H and O–H groups in total. The molecule has 22 heavy (non-hydrogen) atoms. The van der Waals surface area contributed by atoms with Crippen LogP contribution in [0.4, 0.5) is 5.82 Å². The summed E-state index contributed by atoms with van der Waals surface area (Å²) >= 11 is 0. The molecule has 2 atom stereocenters. The number of aromatic nitrogens is 2. The predicted molar refractivity (Wildman–Crippen MR) is 79.9 cm³/mol. The Morgan fingerprint density at radius 2 is 2.36 bits per heavy atom. The van der Waals surface area contributed by atoms with Gasteiger partial charge in [0.15, 0.2) is 0 Å². The average molecular weight is 308 g/mol. The topological polar surface area (TPSA) is 126 Å². The van der Waals surface area contributed by atoms with Gasteiger partial charge in [-0.3, -0.25) is 4.57 Å². The molecule has 0 saturated carbocycles. The minimum atomic E-state index is -0.494. The first-order valence-electron chi connectivity index (χ1n) is 7.07. The normalized spacial score (nSPS) is 20.6. The highest BCUT2D eigenvalue weighted by molar-refractivity contribution is 5.48. The van der Waals surface area contributed by atoms with Gasteiger partial charge in [0, 0.05) is 12.7 Å². The van der Waals surface area contributed by atoms with Crippen LogP contribution in [0.25, 0.3) is 0 Å². The summed E-state index contributed by atoms with van der Waals surface area (Å²) in [5.41, 5.74) is 11.0. The van der Waals surface area contributed by atoms with Gasteiger partial charge in [-0.05, 0) is 12.8 Å². The Morgan fingerprint density at radius 3 is 3.05 bits per heavy atom. The van der Waals surface area contributed by atoms with Crippen molar-refractivity contribution in [2.24, 2.45) is 5.73 Å². The van der Waals surface area contributed by atoms with Crippen LogP contribution < -0.4 is 17.2 Å². The first kappa shape index (κ1) is 16.5. The van der Waals surface area contributed by atoms with Crippen molar-refractivity contribution in [2.75, 3.05) is 32.1 Å². The molecule has 2 heterocycles. The number of hydrogen-bond donors (Lipinski definition) is 3. The maximum absolute atomic E-state index is 11.9. The molecular formula is C14H20N4O4. The lowest BCUT2D eigenvalue weighted by molar-refractivity contribution is -0.0245. The maximum atomic E-state index is 11.9. The molecule has 0 bridgehead atoms. The van der Waals surface area contributed by atoms with E-state index in [0.29, 0.717) is 31.6 Å². The van der Waals surface area contributed by atoms with Crippen molar-refractivity contribution in [1.82, 2.24) is 9.55 Å². The minimum absolute atomic E-state index is 0.0706. The predicted octanol–water partition coefficient (Wildman–Crippen LogP) is -1.18. The van der Waals surface area contributed by atoms with Crippen LogP contribution in [0.15, 0.2) is 11.0 Å². The Morgan fingerprint density at radius 1 is 1.55 bits per heavy atom. The second-order valence-corrected chi connectivity index (χ2v) is 4.85. The number of nitrogens with two attached hydrogens (primary N) is 2. The molecule has 2 rings (SSSR count). The first-order chi connectivity index (χ1) is 10.7. The summed E-state index contributed by atoms with van der Waals surface area (Å²) in [6.07, 6.45) is 2.14. The fourth-order valence-corrected chi connectivity index (χ4v) is 2.15. The smallest absolute Gasteiger partial charge is 0.351 e. The summed E-state index contributed by atoms with van der Waals surface area (Å²) in [4.78, 5) is 15.7. The zero-order valence-corrected chi connectivity index (χ0v) is 12.2. The number of aliphatic hydroxyl groups is 1. The Balaban J connectivity index is 2.15. The van der Waals surface area contributed by atoms with E-state index in [1.807, 2.05) is 0 Å². The van der Waals surface area contributed by atoms with Crippen LogP contribution in [-0.2, 0) is 9.47 Å². The van der Waals surface area contributed by atoms with E-state index < -0.39 is 11.9 Å². The molecular weight excluding hydrogens is 288 g/mol. The molecule has 8 nitrogen and oxygen atoms in total. The SMILES string of the molecule is NCCOCC#Cc1cn([C@H]2CC[C@@H](CO)O2)c(=O)nc1N. The van der Waals surface area contributed by atoms with E-state index in [-0.39, 0.29) is 25.1 Å². The van der Waals surface area contributed by atoms with Crippen LogP contribution in [0, 0.1) is 11.8 Å². The molecule has 0 spiro atoms. The maximum Gasteiger partial charge on any atom is 0.351 e. The highest BCUT2D eigenvalue weighted by Gasteiger charge is 2.27. The third-order valence-corrected chi connectivity index (χ3v) is 3.24. The van der Waals surface area contributed by atoms with E-state index in [9.17, 15) is 4.79 Å². The van der Waals surface area contributed by atoms with Crippen LogP contribution in [0.5, 0.6) is 0 Å². The second-order valence-electron chi connectivity index (χ2n) is 4.85. The number of aliphatic hydroxyl groups excluding tert-OH is 1. The van der Waals surface area contributed by atoms with Gasteiger partial charge in [-0.2, -0.15) is 4.98 Å². The Labute approximate surface area is 128 Å². The first-order valence-corrected chi connectivity index (χ1v) is 7.07. The van der Waals surface area contributed by atoms with Crippen LogP contribution in [-0.4, -0.2) is 47.1 Å². The summed E-state index contributed by atoms with van der Waals surface area (Å²) in [6, 6.07) is 0. The van der Waals surface area contributed by atoms with Crippen molar-refractivity contribution in [1.29, 1.82) is 0 Å². The molecule has 8 heteroatoms. The number of nitrogen functional groups attached to an aromatic ring is 1. The molecule has 1 saturated heterocycles. The van der Waals surface area contributed by atoms with Gasteiger partial charge in [0.05, 0.1) is 24.9 Å². The zero-order valence-electron chi connectivity index (χ0n) is 12.2. The summed E-state index contributed by atoms with van der Waals surface area (Å²) in [7, 11) is 0. The Kier molecular flexibility index (Phi) is 5.91. The van der Waals surface area contributed by atoms with Crippen molar-refractivity contribution in [2.45, 2.75) is 25.2 Å². The summed E-state index contributed by atoms with van der Waals surface area (Å²) < 4.78 is 12.1. The van der Waals surface area contributed by atoms with Crippen LogP contribution in [0.1, 0.15) is 24.6 Å². The lowest BCUT2D eigenvalue weighted by Gasteiger charge is -2.15. The summed E-state index contributed by atoms with van der Waals surface area (Å²) in [6.45, 7) is 1.02. The van der Waals surface area contributed by atoms with E-state index in [4.69, 9.17) is 26.0 Å². The molecule has 1 fully saturated rings. The van der Waals surface area contributed by atoms with Gasteiger partial charge in [0.2, 0.25) is 0 Å². The molecule has 0 aromatic carbocycles. The molecule has 0 amide bonds. The van der Waals surface area contributed by atoms with Gasteiger partial charge in [-0.1, -0.05) is 11.8 Å². The number of ether oxygens (including phenoxy) is 2. The molecule has 1 aliphatic rings. The number of anilines is 1. The fraction of sp³-hybridized carbons (Fsp3) is 0.571. The average Bonchev–Trinajstić information content (AvgIpc) is 2.97. The Hall–Kier alpha value is -1.92. The van der Waals surface area contributed by atoms with Crippen molar-refractivity contribution < 1.29 is 14.6 Å². The van der Waals surface area contributed by atoms with Crippen molar-refractivity contribution >= 4 is 5.82 Å². The molecule has 120 valence electrons. The van der Waals surface area contributed by atoms with E-state index in [1.165, 1.54) is 10.8 Å². The van der Waals surface area contributed by atoms with Gasteiger partial charge < -0.3 is 26.0 Å². The third-order valence-electron chi connectivity index (χ3n) is 3.24. The largest absolute Gasteiger partial charge is 0.394 e. The molecule has 0 radical (unpaired) electrons. The molecule has 1 aromatic heterocycles. The van der Waals surface area contributed by atoms with E-state index >= 15 is 0 Å². The second kappa shape index (κ2) is 7.91. The Bertz CT molecular complexity index is 619. The van der Waals surface area contributed by atoms with Gasteiger partial charge in [-0.25, -0.2) is 4.79 Å².